The number of nitrogens with two attached hydrogens (primary N) is 8. The Morgan fingerprint density at radius 2 is 1.16 bits per heavy atom. The Hall–Kier alpha value is -9.12. The van der Waals surface area contributed by atoms with E-state index in [-0.39, 0.29) is 119 Å². The molecule has 33 nitrogen and oxygen atoms in total. The third-order valence-corrected chi connectivity index (χ3v) is 17.1. The van der Waals surface area contributed by atoms with E-state index in [1.165, 1.54) is 17.0 Å². The highest BCUT2D eigenvalue weighted by Crippen LogP contribution is 2.25. The molecule has 506 valence electrons. The summed E-state index contributed by atoms with van der Waals surface area (Å²) in [6, 6.07) is 2.47. The number of guanidine groups is 3. The minimum Gasteiger partial charge on any atom is -0.508 e. The quantitative estimate of drug-likeness (QED) is 0.0171. The smallest absolute Gasteiger partial charge is 0.245 e. The second kappa shape index (κ2) is 39.2. The number of fused-ring (bicyclic) bond motifs is 1. The molecule has 2 fully saturated rings. The van der Waals surface area contributed by atoms with E-state index < -0.39 is 138 Å². The lowest BCUT2D eigenvalue weighted by molar-refractivity contribution is -0.142. The fourth-order valence-corrected chi connectivity index (χ4v) is 11.9. The summed E-state index contributed by atoms with van der Waals surface area (Å²) in [6.45, 7) is 2.36. The van der Waals surface area contributed by atoms with E-state index in [0.717, 1.165) is 21.6 Å². The van der Waals surface area contributed by atoms with Crippen LogP contribution < -0.4 is 93.7 Å². The molecule has 0 bridgehead atoms. The van der Waals surface area contributed by atoms with Crippen LogP contribution in [0.5, 0.6) is 5.75 Å². The van der Waals surface area contributed by atoms with Crippen molar-refractivity contribution < 1.29 is 57.8 Å². The molecule has 2 saturated heterocycles. The van der Waals surface area contributed by atoms with Gasteiger partial charge in [-0.1, -0.05) is 84.3 Å². The van der Waals surface area contributed by atoms with Crippen molar-refractivity contribution in [3.8, 4) is 5.75 Å². The summed E-state index contributed by atoms with van der Waals surface area (Å²) in [6.07, 6.45) is 0.895. The number of hydrogen-bond donors (Lipinski definition) is 18. The van der Waals surface area contributed by atoms with Gasteiger partial charge in [-0.15, -0.1) is 0 Å². The number of aromatic hydroxyl groups is 1. The topological polar surface area (TPSA) is 565 Å². The number of rotatable bonds is 27. The molecule has 11 amide bonds. The Labute approximate surface area is 540 Å². The van der Waals surface area contributed by atoms with Crippen molar-refractivity contribution in [3.05, 3.63) is 65.7 Å². The van der Waals surface area contributed by atoms with E-state index in [2.05, 4.69) is 62.8 Å². The molecule has 92 heavy (non-hydrogen) atoms. The van der Waals surface area contributed by atoms with Crippen molar-refractivity contribution in [3.63, 3.8) is 0 Å². The average Bonchev–Trinajstić information content (AvgIpc) is 1.62. The molecule has 4 rings (SSSR count). The molecular formula is C57H89N21O12S2. The number of hydrogen-bond acceptors (Lipinski definition) is 18. The van der Waals surface area contributed by atoms with Crippen LogP contribution in [0.25, 0.3) is 0 Å². The summed E-state index contributed by atoms with van der Waals surface area (Å²) in [5.41, 5.74) is 46.6. The van der Waals surface area contributed by atoms with E-state index in [9.17, 15) is 57.8 Å². The molecule has 10 atom stereocenters. The van der Waals surface area contributed by atoms with Crippen LogP contribution in [0, 0.1) is 5.92 Å². The van der Waals surface area contributed by atoms with Crippen molar-refractivity contribution in [2.45, 2.75) is 139 Å². The van der Waals surface area contributed by atoms with Crippen molar-refractivity contribution in [1.29, 1.82) is 0 Å². The van der Waals surface area contributed by atoms with Crippen LogP contribution in [0.1, 0.15) is 82.8 Å². The van der Waals surface area contributed by atoms with Gasteiger partial charge in [0.2, 0.25) is 65.0 Å². The predicted octanol–water partition coefficient (Wildman–Crippen LogP) is -5.79. The number of phenols is 1. The summed E-state index contributed by atoms with van der Waals surface area (Å²) in [4.78, 5) is 168. The number of amides is 11. The molecule has 0 aromatic heterocycles. The highest BCUT2D eigenvalue weighted by Gasteiger charge is 2.41. The molecule has 2 aromatic rings. The first-order valence-corrected chi connectivity index (χ1v) is 32.5. The zero-order chi connectivity index (χ0) is 67.9. The third kappa shape index (κ3) is 26.8. The lowest BCUT2D eigenvalue weighted by atomic mass is 9.96. The van der Waals surface area contributed by atoms with Gasteiger partial charge in [0, 0.05) is 44.1 Å². The number of phenolic OH excluding ortho intramolecular Hbond substituents is 1. The standard InChI is InChI=1S/C57H89N21O12S2/c1-3-31(2)45-53(89)74-38(15-9-23-68-57(64)65)54(90)78-24-10-16-42(78)52(88)75-40(46(59)82)29-91-92-30-41(51(87)73-36(13-7-21-66-55(60)61)48(84)72-37(49(85)77-45)14-8-22-67-56(62)63)76-50(86)39(26-32-11-5-4-6-12-32)71-44(81)28-69-43(80)27-70-47(83)35(58)25-33-17-19-34(79)20-18-33/h4-6,11-12,17-20,31,35-42,45,79H,3,7-10,13-16,21-30,58H2,1-2H3,(H2,59,82)(H,69,80)(H,70,83)(H,71,81)(H,72,84)(H,73,87)(H,74,89)(H,75,88)(H,76,86)(H,77,85)(H4,60,61,66)(H4,62,63,67)(H4,64,65,68)/t31-,35-,36-,37-,38-,39-,40-,41-,42-,45-/m0/s1. The van der Waals surface area contributed by atoms with Gasteiger partial charge in [-0.05, 0) is 87.0 Å². The van der Waals surface area contributed by atoms with Gasteiger partial charge >= 0.3 is 0 Å². The van der Waals surface area contributed by atoms with E-state index in [1.54, 1.807) is 56.3 Å². The van der Waals surface area contributed by atoms with Gasteiger partial charge in [0.25, 0.3) is 0 Å². The number of benzene rings is 2. The van der Waals surface area contributed by atoms with Crippen LogP contribution in [-0.2, 0) is 65.6 Å². The van der Waals surface area contributed by atoms with Crippen molar-refractivity contribution in [1.82, 2.24) is 52.8 Å². The summed E-state index contributed by atoms with van der Waals surface area (Å²) >= 11 is 0. The molecule has 26 N–H and O–H groups in total. The second-order valence-corrected chi connectivity index (χ2v) is 24.5. The molecule has 0 spiro atoms. The predicted molar refractivity (Wildman–Crippen MR) is 347 cm³/mol. The lowest BCUT2D eigenvalue weighted by Gasteiger charge is -2.32. The van der Waals surface area contributed by atoms with Gasteiger partial charge in [-0.25, -0.2) is 0 Å². The average molecular weight is 1320 g/mol. The Balaban J connectivity index is 1.73. The molecule has 0 aliphatic carbocycles. The van der Waals surface area contributed by atoms with Gasteiger partial charge < -0.3 is 104 Å². The number of primary amides is 1. The molecule has 2 heterocycles. The summed E-state index contributed by atoms with van der Waals surface area (Å²) in [5.74, 6) is -10.8. The van der Waals surface area contributed by atoms with E-state index >= 15 is 0 Å². The summed E-state index contributed by atoms with van der Waals surface area (Å²) < 4.78 is 0. The van der Waals surface area contributed by atoms with Crippen LogP contribution in [0.3, 0.4) is 0 Å². The Morgan fingerprint density at radius 1 is 0.630 bits per heavy atom. The second-order valence-electron chi connectivity index (χ2n) is 22.0. The summed E-state index contributed by atoms with van der Waals surface area (Å²) in [5, 5.41) is 33.2. The zero-order valence-electron chi connectivity index (χ0n) is 51.6. The first-order chi connectivity index (χ1) is 43.8. The van der Waals surface area contributed by atoms with Gasteiger partial charge in [0.1, 0.15) is 54.1 Å². The van der Waals surface area contributed by atoms with Gasteiger partial charge in [0.15, 0.2) is 17.9 Å². The van der Waals surface area contributed by atoms with E-state index in [1.807, 2.05) is 0 Å². The Morgan fingerprint density at radius 3 is 1.74 bits per heavy atom. The Kier molecular flexibility index (Phi) is 32.1. The SMILES string of the molecule is CC[C@H](C)[C@@H]1NC(=O)[C@H](CCCN=C(N)N)NC(=O)[C@H](CCCN=C(N)N)NC(=O)[C@@H](NC(=O)[C@H](Cc2ccccc2)NC(=O)CNC(=O)CNC(=O)[C@@H](N)Cc2ccc(O)cc2)CSSC[C@@H](C(N)=O)NC(=O)[C@@H]2CCCN2C(=O)[C@H](CCCN=C(N)N)NC1=O. The number of nitrogens with one attached hydrogen (secondary N) is 9. The highest BCUT2D eigenvalue weighted by molar-refractivity contribution is 8.76. The minimum atomic E-state index is -1.56. The monoisotopic (exact) mass is 1320 g/mol. The largest absolute Gasteiger partial charge is 0.508 e. The number of carbonyl (C=O) groups excluding carboxylic acids is 11. The van der Waals surface area contributed by atoms with Gasteiger partial charge in [0.05, 0.1) is 19.1 Å². The zero-order valence-corrected chi connectivity index (χ0v) is 53.2. The van der Waals surface area contributed by atoms with Gasteiger partial charge in [-0.3, -0.25) is 67.7 Å². The van der Waals surface area contributed by atoms with Gasteiger partial charge in [-0.2, -0.15) is 0 Å². The van der Waals surface area contributed by atoms with E-state index in [0.29, 0.717) is 24.0 Å². The molecule has 0 radical (unpaired) electrons. The molecule has 2 aliphatic rings. The highest BCUT2D eigenvalue weighted by atomic mass is 33.1. The van der Waals surface area contributed by atoms with Crippen LogP contribution in [0.4, 0.5) is 0 Å². The lowest BCUT2D eigenvalue weighted by Crippen LogP contribution is -2.61. The minimum absolute atomic E-state index is 0.00647. The first-order valence-electron chi connectivity index (χ1n) is 30.0. The van der Waals surface area contributed by atoms with Crippen LogP contribution >= 0.6 is 21.6 Å². The third-order valence-electron chi connectivity index (χ3n) is 14.7. The number of carbonyl (C=O) groups is 11. The maximum Gasteiger partial charge on any atom is 0.245 e. The van der Waals surface area contributed by atoms with Crippen molar-refractivity contribution in [2.24, 2.45) is 66.8 Å². The fourth-order valence-electron chi connectivity index (χ4n) is 9.54. The molecule has 0 unspecified atom stereocenters. The van der Waals surface area contributed by atoms with Crippen LogP contribution in [0.2, 0.25) is 0 Å². The molecule has 2 aliphatic heterocycles. The first kappa shape index (κ1) is 75.3. The maximum absolute atomic E-state index is 14.8. The molecular weight excluding hydrogens is 1230 g/mol. The van der Waals surface area contributed by atoms with Crippen LogP contribution in [-0.4, -0.2) is 198 Å². The number of aliphatic imine (C=N–C) groups is 3. The van der Waals surface area contributed by atoms with E-state index in [4.69, 9.17) is 45.9 Å². The van der Waals surface area contributed by atoms with Crippen molar-refractivity contribution >= 4 is 104 Å². The normalized spacial score (nSPS) is 21.3. The molecule has 0 saturated carbocycles. The summed E-state index contributed by atoms with van der Waals surface area (Å²) in [7, 11) is 1.93. The maximum atomic E-state index is 14.8. The van der Waals surface area contributed by atoms with Crippen LogP contribution in [0.15, 0.2) is 69.6 Å². The fraction of sp³-hybridized carbons (Fsp3) is 0.544. The Bertz CT molecular complexity index is 2930. The molecule has 2 aromatic carbocycles. The number of nitrogens with zero attached hydrogens (tertiary/aromatic N) is 4. The molecule has 35 heteroatoms. The van der Waals surface area contributed by atoms with Crippen molar-refractivity contribution in [2.75, 3.05) is 50.8 Å².